The van der Waals surface area contributed by atoms with Crippen molar-refractivity contribution >= 4 is 6.21 Å². The highest BCUT2D eigenvalue weighted by Crippen LogP contribution is 2.22. The van der Waals surface area contributed by atoms with E-state index in [2.05, 4.69) is 11.9 Å². The van der Waals surface area contributed by atoms with Crippen LogP contribution in [0.4, 0.5) is 0 Å². The first-order chi connectivity index (χ1) is 15.0. The standard InChI is InChI=1S/C23H45NO7/c1-2-3-4-5-6-7-8-9-10-11-12-13-14-24-15-18(26)17-30-23-22(29)21(28)20(27)19(16-25)31-23/h14,18-23,25-29H,2-13,15-17H2,1H3/t18?,19-,20+,21+,22-,23+/m1/s1. The van der Waals surface area contributed by atoms with E-state index in [0.29, 0.717) is 0 Å². The lowest BCUT2D eigenvalue weighted by Gasteiger charge is -2.39. The molecule has 0 saturated carbocycles. The molecule has 0 aromatic carbocycles. The van der Waals surface area contributed by atoms with Crippen LogP contribution in [0.1, 0.15) is 84.0 Å². The molecule has 0 amide bonds. The molecule has 1 aliphatic rings. The van der Waals surface area contributed by atoms with E-state index in [1.54, 1.807) is 0 Å². The largest absolute Gasteiger partial charge is 0.394 e. The van der Waals surface area contributed by atoms with E-state index in [1.807, 2.05) is 6.21 Å². The van der Waals surface area contributed by atoms with Gasteiger partial charge in [0.15, 0.2) is 6.29 Å². The smallest absolute Gasteiger partial charge is 0.186 e. The highest BCUT2D eigenvalue weighted by Gasteiger charge is 2.44. The first-order valence-electron chi connectivity index (χ1n) is 12.1. The molecule has 1 aliphatic heterocycles. The molecule has 6 atom stereocenters. The molecule has 1 unspecified atom stereocenters. The normalized spacial score (nSPS) is 27.7. The van der Waals surface area contributed by atoms with Gasteiger partial charge >= 0.3 is 0 Å². The van der Waals surface area contributed by atoms with Gasteiger partial charge < -0.3 is 35.0 Å². The Hall–Kier alpha value is -0.610. The Balaban J connectivity index is 2.01. The Labute approximate surface area is 187 Å². The molecule has 0 aliphatic carbocycles. The summed E-state index contributed by atoms with van der Waals surface area (Å²) in [5, 5.41) is 48.5. The number of rotatable bonds is 18. The minimum atomic E-state index is -1.49. The molecular weight excluding hydrogens is 402 g/mol. The van der Waals surface area contributed by atoms with Crippen molar-refractivity contribution in [1.29, 1.82) is 0 Å². The third-order valence-corrected chi connectivity index (χ3v) is 5.68. The van der Waals surface area contributed by atoms with E-state index in [0.717, 1.165) is 12.8 Å². The minimum Gasteiger partial charge on any atom is -0.394 e. The maximum absolute atomic E-state index is 9.96. The van der Waals surface area contributed by atoms with Gasteiger partial charge in [-0.3, -0.25) is 4.99 Å². The van der Waals surface area contributed by atoms with Gasteiger partial charge in [-0.25, -0.2) is 0 Å². The first kappa shape index (κ1) is 28.4. The lowest BCUT2D eigenvalue weighted by atomic mass is 9.99. The van der Waals surface area contributed by atoms with Crippen LogP contribution in [0, 0.1) is 0 Å². The third-order valence-electron chi connectivity index (χ3n) is 5.68. The summed E-state index contributed by atoms with van der Waals surface area (Å²) < 4.78 is 10.5. The van der Waals surface area contributed by atoms with E-state index < -0.39 is 43.4 Å². The van der Waals surface area contributed by atoms with Crippen LogP contribution in [-0.4, -0.2) is 88.3 Å². The topological polar surface area (TPSA) is 132 Å². The Bertz CT molecular complexity index is 450. The molecule has 8 heteroatoms. The summed E-state index contributed by atoms with van der Waals surface area (Å²) in [6.07, 6.45) is 9.55. The van der Waals surface area contributed by atoms with E-state index in [-0.39, 0.29) is 13.2 Å². The molecule has 0 radical (unpaired) electrons. The van der Waals surface area contributed by atoms with Gasteiger partial charge in [0.1, 0.15) is 24.4 Å². The fraction of sp³-hybridized carbons (Fsp3) is 0.957. The van der Waals surface area contributed by atoms with E-state index in [9.17, 15) is 20.4 Å². The average molecular weight is 448 g/mol. The number of aliphatic hydroxyl groups excluding tert-OH is 5. The molecule has 0 aromatic heterocycles. The summed E-state index contributed by atoms with van der Waals surface area (Å²) in [6.45, 7) is 1.76. The quantitative estimate of drug-likeness (QED) is 0.160. The summed E-state index contributed by atoms with van der Waals surface area (Å²) >= 11 is 0. The minimum absolute atomic E-state index is 0.140. The predicted molar refractivity (Wildman–Crippen MR) is 120 cm³/mol. The van der Waals surface area contributed by atoms with Gasteiger partial charge in [-0.2, -0.15) is 0 Å². The molecule has 5 N–H and O–H groups in total. The van der Waals surface area contributed by atoms with Crippen molar-refractivity contribution in [2.24, 2.45) is 4.99 Å². The maximum Gasteiger partial charge on any atom is 0.186 e. The van der Waals surface area contributed by atoms with Crippen LogP contribution >= 0.6 is 0 Å². The van der Waals surface area contributed by atoms with Crippen molar-refractivity contribution in [3.05, 3.63) is 0 Å². The molecule has 1 rings (SSSR count). The number of ether oxygens (including phenoxy) is 2. The van der Waals surface area contributed by atoms with Crippen molar-refractivity contribution in [3.63, 3.8) is 0 Å². The summed E-state index contributed by atoms with van der Waals surface area (Å²) in [4.78, 5) is 4.21. The van der Waals surface area contributed by atoms with Gasteiger partial charge in [0.25, 0.3) is 0 Å². The highest BCUT2D eigenvalue weighted by molar-refractivity contribution is 5.56. The lowest BCUT2D eigenvalue weighted by molar-refractivity contribution is -0.304. The third kappa shape index (κ3) is 12.3. The van der Waals surface area contributed by atoms with E-state index >= 15 is 0 Å². The summed E-state index contributed by atoms with van der Waals surface area (Å²) in [6, 6.07) is 0. The molecule has 1 fully saturated rings. The molecule has 1 saturated heterocycles. The fourth-order valence-corrected chi connectivity index (χ4v) is 3.65. The number of nitrogens with zero attached hydrogens (tertiary/aromatic N) is 1. The average Bonchev–Trinajstić information content (AvgIpc) is 2.77. The number of hydrogen-bond acceptors (Lipinski definition) is 8. The van der Waals surface area contributed by atoms with Gasteiger partial charge in [-0.15, -0.1) is 0 Å². The van der Waals surface area contributed by atoms with Crippen LogP contribution in [0.2, 0.25) is 0 Å². The van der Waals surface area contributed by atoms with Crippen molar-refractivity contribution in [2.75, 3.05) is 19.8 Å². The Morgan fingerprint density at radius 1 is 0.871 bits per heavy atom. The second-order valence-corrected chi connectivity index (χ2v) is 8.56. The highest BCUT2D eigenvalue weighted by atomic mass is 16.7. The number of aliphatic hydroxyl groups is 5. The summed E-state index contributed by atoms with van der Waals surface area (Å²) in [5.41, 5.74) is 0. The van der Waals surface area contributed by atoms with Crippen molar-refractivity contribution in [1.82, 2.24) is 0 Å². The van der Waals surface area contributed by atoms with Crippen LogP contribution in [0.15, 0.2) is 4.99 Å². The van der Waals surface area contributed by atoms with Gasteiger partial charge in [-0.05, 0) is 19.1 Å². The zero-order valence-corrected chi connectivity index (χ0v) is 19.1. The molecular formula is C23H45NO7. The lowest BCUT2D eigenvalue weighted by Crippen LogP contribution is -2.59. The van der Waals surface area contributed by atoms with Crippen LogP contribution in [0.5, 0.6) is 0 Å². The van der Waals surface area contributed by atoms with E-state index in [1.165, 1.54) is 64.2 Å². The SMILES string of the molecule is CCCCCCCCCCCCCC=NCC(O)CO[C@H]1O[C@H](CO)[C@H](O)[C@H](O)[C@H]1O. The Morgan fingerprint density at radius 2 is 1.45 bits per heavy atom. The zero-order chi connectivity index (χ0) is 22.9. The number of unbranched alkanes of at least 4 members (excludes halogenated alkanes) is 11. The number of aliphatic imine (C=N–C) groups is 1. The van der Waals surface area contributed by atoms with Crippen molar-refractivity contribution in [2.45, 2.75) is 121 Å². The molecule has 184 valence electrons. The Morgan fingerprint density at radius 3 is 2.03 bits per heavy atom. The maximum atomic E-state index is 9.96. The molecule has 0 aromatic rings. The van der Waals surface area contributed by atoms with E-state index in [4.69, 9.17) is 14.6 Å². The molecule has 31 heavy (non-hydrogen) atoms. The summed E-state index contributed by atoms with van der Waals surface area (Å²) in [7, 11) is 0. The molecule has 0 bridgehead atoms. The van der Waals surface area contributed by atoms with Crippen molar-refractivity contribution < 1.29 is 35.0 Å². The van der Waals surface area contributed by atoms with Crippen LogP contribution in [0.25, 0.3) is 0 Å². The van der Waals surface area contributed by atoms with Crippen molar-refractivity contribution in [3.8, 4) is 0 Å². The summed E-state index contributed by atoms with van der Waals surface area (Å²) in [5.74, 6) is 0. The van der Waals surface area contributed by atoms with Gasteiger partial charge in [0.2, 0.25) is 0 Å². The first-order valence-corrected chi connectivity index (χ1v) is 12.1. The fourth-order valence-electron chi connectivity index (χ4n) is 3.65. The monoisotopic (exact) mass is 447 g/mol. The molecule has 0 spiro atoms. The number of hydrogen-bond donors (Lipinski definition) is 5. The van der Waals surface area contributed by atoms with Gasteiger partial charge in [-0.1, -0.05) is 71.1 Å². The zero-order valence-electron chi connectivity index (χ0n) is 19.1. The molecule has 8 nitrogen and oxygen atoms in total. The predicted octanol–water partition coefficient (Wildman–Crippen LogP) is 1.94. The van der Waals surface area contributed by atoms with Crippen LogP contribution < -0.4 is 0 Å². The second-order valence-electron chi connectivity index (χ2n) is 8.56. The Kier molecular flexibility index (Phi) is 16.4. The second kappa shape index (κ2) is 17.9. The van der Waals surface area contributed by atoms with Gasteiger partial charge in [0, 0.05) is 0 Å². The van der Waals surface area contributed by atoms with Crippen LogP contribution in [0.3, 0.4) is 0 Å². The van der Waals surface area contributed by atoms with Gasteiger partial charge in [0.05, 0.1) is 25.9 Å². The molecule has 1 heterocycles. The van der Waals surface area contributed by atoms with Crippen LogP contribution in [-0.2, 0) is 9.47 Å².